The Bertz CT molecular complexity index is 698. The SMILES string of the molecule is CCN1CCC(N(C)C(=O)c2ccc(Oc3ccccc3)o2)C(C)C1. The van der Waals surface area contributed by atoms with Gasteiger partial charge in [0.1, 0.15) is 5.75 Å². The van der Waals surface area contributed by atoms with Crippen molar-refractivity contribution < 1.29 is 13.9 Å². The molecule has 0 bridgehead atoms. The van der Waals surface area contributed by atoms with Crippen molar-refractivity contribution in [1.82, 2.24) is 9.80 Å². The minimum atomic E-state index is -0.0929. The number of rotatable bonds is 5. The Morgan fingerprint density at radius 2 is 2.04 bits per heavy atom. The minimum absolute atomic E-state index is 0.0929. The number of hydrogen-bond acceptors (Lipinski definition) is 4. The zero-order valence-electron chi connectivity index (χ0n) is 15.1. The van der Waals surface area contributed by atoms with Gasteiger partial charge in [0.05, 0.1) is 0 Å². The van der Waals surface area contributed by atoms with E-state index in [2.05, 4.69) is 18.7 Å². The number of amides is 1. The lowest BCUT2D eigenvalue weighted by Gasteiger charge is -2.40. The number of likely N-dealkylation sites (tertiary alicyclic amines) is 1. The van der Waals surface area contributed by atoms with Gasteiger partial charge in [0.25, 0.3) is 11.9 Å². The number of para-hydroxylation sites is 1. The summed E-state index contributed by atoms with van der Waals surface area (Å²) in [4.78, 5) is 17.0. The zero-order valence-corrected chi connectivity index (χ0v) is 15.1. The van der Waals surface area contributed by atoms with Crippen molar-refractivity contribution >= 4 is 5.91 Å². The average Bonchev–Trinajstić information content (AvgIpc) is 3.09. The molecule has 5 heteroatoms. The van der Waals surface area contributed by atoms with Crippen LogP contribution in [0.25, 0.3) is 0 Å². The molecule has 3 rings (SSSR count). The lowest BCUT2D eigenvalue weighted by Crippen LogP contribution is -2.50. The minimum Gasteiger partial charge on any atom is -0.426 e. The molecular formula is C20H26N2O3. The van der Waals surface area contributed by atoms with E-state index in [9.17, 15) is 4.79 Å². The van der Waals surface area contributed by atoms with E-state index < -0.39 is 0 Å². The van der Waals surface area contributed by atoms with Crippen LogP contribution in [0.15, 0.2) is 46.9 Å². The maximum atomic E-state index is 12.8. The first-order valence-electron chi connectivity index (χ1n) is 8.90. The average molecular weight is 342 g/mol. The van der Waals surface area contributed by atoms with Gasteiger partial charge in [-0.25, -0.2) is 0 Å². The third-order valence-electron chi connectivity index (χ3n) is 4.96. The summed E-state index contributed by atoms with van der Waals surface area (Å²) >= 11 is 0. The van der Waals surface area contributed by atoms with E-state index in [0.29, 0.717) is 23.4 Å². The van der Waals surface area contributed by atoms with Gasteiger partial charge in [-0.2, -0.15) is 0 Å². The molecular weight excluding hydrogens is 316 g/mol. The Hall–Kier alpha value is -2.27. The van der Waals surface area contributed by atoms with Gasteiger partial charge in [0.15, 0.2) is 5.76 Å². The monoisotopic (exact) mass is 342 g/mol. The van der Waals surface area contributed by atoms with E-state index in [1.54, 1.807) is 12.1 Å². The highest BCUT2D eigenvalue weighted by Gasteiger charge is 2.32. The standard InChI is InChI=1S/C20H26N2O3/c1-4-22-13-12-17(15(2)14-22)21(3)20(23)18-10-11-19(25-18)24-16-8-6-5-7-9-16/h5-11,15,17H,4,12-14H2,1-3H3. The van der Waals surface area contributed by atoms with Crippen molar-refractivity contribution in [2.45, 2.75) is 26.3 Å². The number of ether oxygens (including phenoxy) is 1. The highest BCUT2D eigenvalue weighted by Crippen LogP contribution is 2.26. The molecule has 1 aromatic carbocycles. The fourth-order valence-corrected chi connectivity index (χ4v) is 3.50. The fourth-order valence-electron chi connectivity index (χ4n) is 3.50. The fraction of sp³-hybridized carbons (Fsp3) is 0.450. The number of nitrogens with zero attached hydrogens (tertiary/aromatic N) is 2. The van der Waals surface area contributed by atoms with Crippen LogP contribution in [-0.4, -0.2) is 48.4 Å². The summed E-state index contributed by atoms with van der Waals surface area (Å²) in [7, 11) is 1.87. The summed E-state index contributed by atoms with van der Waals surface area (Å²) < 4.78 is 11.3. The van der Waals surface area contributed by atoms with Crippen LogP contribution in [0.2, 0.25) is 0 Å². The molecule has 1 aromatic heterocycles. The number of hydrogen-bond donors (Lipinski definition) is 0. The van der Waals surface area contributed by atoms with E-state index in [-0.39, 0.29) is 11.9 Å². The Balaban J connectivity index is 1.65. The van der Waals surface area contributed by atoms with Crippen LogP contribution in [0.3, 0.4) is 0 Å². The van der Waals surface area contributed by atoms with Crippen LogP contribution in [0.5, 0.6) is 11.7 Å². The molecule has 134 valence electrons. The Morgan fingerprint density at radius 3 is 2.72 bits per heavy atom. The van der Waals surface area contributed by atoms with Crippen LogP contribution < -0.4 is 4.74 Å². The summed E-state index contributed by atoms with van der Waals surface area (Å²) in [6.45, 7) is 7.51. The van der Waals surface area contributed by atoms with Gasteiger partial charge in [-0.05, 0) is 37.1 Å². The molecule has 2 aromatic rings. The topological polar surface area (TPSA) is 45.9 Å². The van der Waals surface area contributed by atoms with Gasteiger partial charge >= 0.3 is 0 Å². The van der Waals surface area contributed by atoms with E-state index in [1.807, 2.05) is 42.3 Å². The van der Waals surface area contributed by atoms with Crippen LogP contribution in [0.4, 0.5) is 0 Å². The lowest BCUT2D eigenvalue weighted by atomic mass is 9.92. The first-order valence-corrected chi connectivity index (χ1v) is 8.90. The molecule has 1 amide bonds. The number of piperidine rings is 1. The molecule has 0 aliphatic carbocycles. The summed E-state index contributed by atoms with van der Waals surface area (Å²) in [6.07, 6.45) is 0.991. The highest BCUT2D eigenvalue weighted by molar-refractivity contribution is 5.91. The van der Waals surface area contributed by atoms with Crippen molar-refractivity contribution in [1.29, 1.82) is 0 Å². The summed E-state index contributed by atoms with van der Waals surface area (Å²) in [5.74, 6) is 1.68. The van der Waals surface area contributed by atoms with Gasteiger partial charge in [0, 0.05) is 32.2 Å². The highest BCUT2D eigenvalue weighted by atomic mass is 16.6. The summed E-state index contributed by atoms with van der Waals surface area (Å²) in [5.41, 5.74) is 0. The Kier molecular flexibility index (Phi) is 5.43. The van der Waals surface area contributed by atoms with Gasteiger partial charge in [0.2, 0.25) is 0 Å². The number of carbonyl (C=O) groups excluding carboxylic acids is 1. The van der Waals surface area contributed by atoms with Crippen molar-refractivity contribution in [3.05, 3.63) is 48.2 Å². The van der Waals surface area contributed by atoms with E-state index in [4.69, 9.17) is 9.15 Å². The molecule has 2 unspecified atom stereocenters. The summed E-state index contributed by atoms with van der Waals surface area (Å²) in [5, 5.41) is 0. The molecule has 1 saturated heterocycles. The normalized spacial score (nSPS) is 21.1. The van der Waals surface area contributed by atoms with E-state index in [0.717, 1.165) is 26.1 Å². The molecule has 1 aliphatic heterocycles. The molecule has 2 atom stereocenters. The van der Waals surface area contributed by atoms with Gasteiger partial charge in [-0.15, -0.1) is 0 Å². The Morgan fingerprint density at radius 1 is 1.28 bits per heavy atom. The van der Waals surface area contributed by atoms with Crippen LogP contribution in [-0.2, 0) is 0 Å². The second-order valence-electron chi connectivity index (χ2n) is 6.68. The molecule has 0 radical (unpaired) electrons. The van der Waals surface area contributed by atoms with Crippen molar-refractivity contribution in [2.24, 2.45) is 5.92 Å². The molecule has 0 saturated carbocycles. The molecule has 1 fully saturated rings. The largest absolute Gasteiger partial charge is 0.426 e. The quantitative estimate of drug-likeness (QED) is 0.827. The van der Waals surface area contributed by atoms with Crippen LogP contribution >= 0.6 is 0 Å². The zero-order chi connectivity index (χ0) is 17.8. The third-order valence-corrected chi connectivity index (χ3v) is 4.96. The van der Waals surface area contributed by atoms with E-state index in [1.165, 1.54) is 0 Å². The second kappa shape index (κ2) is 7.74. The van der Waals surface area contributed by atoms with Crippen molar-refractivity contribution in [3.63, 3.8) is 0 Å². The predicted octanol–water partition coefficient (Wildman–Crippen LogP) is 3.87. The number of benzene rings is 1. The molecule has 2 heterocycles. The van der Waals surface area contributed by atoms with Gasteiger partial charge < -0.3 is 19.0 Å². The lowest BCUT2D eigenvalue weighted by molar-refractivity contribution is 0.0489. The first-order chi connectivity index (χ1) is 12.1. The molecule has 5 nitrogen and oxygen atoms in total. The smallest absolute Gasteiger partial charge is 0.290 e. The van der Waals surface area contributed by atoms with Gasteiger partial charge in [-0.3, -0.25) is 4.79 Å². The van der Waals surface area contributed by atoms with Gasteiger partial charge in [-0.1, -0.05) is 32.0 Å². The molecule has 1 aliphatic rings. The maximum Gasteiger partial charge on any atom is 0.290 e. The number of carbonyl (C=O) groups is 1. The Labute approximate surface area is 149 Å². The summed E-state index contributed by atoms with van der Waals surface area (Å²) in [6, 6.07) is 13.0. The molecule has 0 N–H and O–H groups in total. The van der Waals surface area contributed by atoms with Crippen LogP contribution in [0, 0.1) is 5.92 Å². The third kappa shape index (κ3) is 4.04. The first kappa shape index (κ1) is 17.5. The molecule has 0 spiro atoms. The second-order valence-corrected chi connectivity index (χ2v) is 6.68. The van der Waals surface area contributed by atoms with Crippen molar-refractivity contribution in [2.75, 3.05) is 26.7 Å². The van der Waals surface area contributed by atoms with Crippen molar-refractivity contribution in [3.8, 4) is 11.7 Å². The predicted molar refractivity (Wildman–Crippen MR) is 97.0 cm³/mol. The molecule has 25 heavy (non-hydrogen) atoms. The number of furan rings is 1. The van der Waals surface area contributed by atoms with Crippen LogP contribution in [0.1, 0.15) is 30.8 Å². The maximum absolute atomic E-state index is 12.8. The van der Waals surface area contributed by atoms with E-state index >= 15 is 0 Å².